The molecular formula is C20H20O5. The number of hydrogen-bond donors (Lipinski definition) is 1. The Hall–Kier alpha value is -3.08. The summed E-state index contributed by atoms with van der Waals surface area (Å²) in [4.78, 5) is 23.0. The molecule has 2 rings (SSSR count). The SMILES string of the molecule is CCC(=O)Oc1cc(/C=C/c2ccc(O)cc2)cc(OC(=O)CC)c1. The number of aromatic hydroxyl groups is 1. The number of carbonyl (C=O) groups is 2. The van der Waals surface area contributed by atoms with Gasteiger partial charge in [0, 0.05) is 18.9 Å². The molecule has 2 aromatic carbocycles. The standard InChI is InChI=1S/C20H20O5/c1-3-19(22)24-17-11-15(12-18(13-17)25-20(23)4-2)6-5-14-7-9-16(21)10-8-14/h5-13,21H,3-4H2,1-2H3/b6-5+. The Morgan fingerprint density at radius 3 is 1.80 bits per heavy atom. The molecule has 0 saturated carbocycles. The fraction of sp³-hybridized carbons (Fsp3) is 0.200. The molecule has 0 aliphatic heterocycles. The zero-order valence-electron chi connectivity index (χ0n) is 14.2. The van der Waals surface area contributed by atoms with Crippen LogP contribution < -0.4 is 9.47 Å². The highest BCUT2D eigenvalue weighted by atomic mass is 16.5. The first-order valence-electron chi connectivity index (χ1n) is 8.03. The Labute approximate surface area is 146 Å². The summed E-state index contributed by atoms with van der Waals surface area (Å²) >= 11 is 0. The fourth-order valence-corrected chi connectivity index (χ4v) is 1.99. The fourth-order valence-electron chi connectivity index (χ4n) is 1.99. The van der Waals surface area contributed by atoms with Gasteiger partial charge in [0.2, 0.25) is 0 Å². The van der Waals surface area contributed by atoms with Gasteiger partial charge in [0.05, 0.1) is 0 Å². The molecule has 25 heavy (non-hydrogen) atoms. The predicted octanol–water partition coefficient (Wildman–Crippen LogP) is 4.19. The molecule has 0 aliphatic carbocycles. The van der Waals surface area contributed by atoms with Crippen LogP contribution in [-0.4, -0.2) is 17.0 Å². The normalized spacial score (nSPS) is 10.6. The van der Waals surface area contributed by atoms with Crippen molar-refractivity contribution < 1.29 is 24.2 Å². The molecule has 0 unspecified atom stereocenters. The molecule has 0 fully saturated rings. The van der Waals surface area contributed by atoms with Gasteiger partial charge in [-0.25, -0.2) is 0 Å². The quantitative estimate of drug-likeness (QED) is 0.485. The first kappa shape index (κ1) is 18.3. The molecule has 0 radical (unpaired) electrons. The summed E-state index contributed by atoms with van der Waals surface area (Å²) < 4.78 is 10.5. The largest absolute Gasteiger partial charge is 0.508 e. The van der Waals surface area contributed by atoms with E-state index >= 15 is 0 Å². The summed E-state index contributed by atoms with van der Waals surface area (Å²) in [5, 5.41) is 9.31. The van der Waals surface area contributed by atoms with E-state index in [2.05, 4.69) is 0 Å². The zero-order chi connectivity index (χ0) is 18.2. The van der Waals surface area contributed by atoms with Crippen LogP contribution in [0, 0.1) is 0 Å². The van der Waals surface area contributed by atoms with E-state index in [0.29, 0.717) is 17.1 Å². The number of esters is 2. The Morgan fingerprint density at radius 1 is 0.840 bits per heavy atom. The van der Waals surface area contributed by atoms with Crippen molar-refractivity contribution in [2.45, 2.75) is 26.7 Å². The summed E-state index contributed by atoms with van der Waals surface area (Å²) in [7, 11) is 0. The third-order valence-corrected chi connectivity index (χ3v) is 3.30. The number of phenols is 1. The summed E-state index contributed by atoms with van der Waals surface area (Å²) in [6.45, 7) is 3.41. The third kappa shape index (κ3) is 5.80. The van der Waals surface area contributed by atoms with Crippen LogP contribution in [0.2, 0.25) is 0 Å². The topological polar surface area (TPSA) is 72.8 Å². The molecule has 0 aromatic heterocycles. The Kier molecular flexibility index (Phi) is 6.34. The van der Waals surface area contributed by atoms with Crippen molar-refractivity contribution in [3.8, 4) is 17.2 Å². The lowest BCUT2D eigenvalue weighted by atomic mass is 10.1. The van der Waals surface area contributed by atoms with E-state index in [9.17, 15) is 14.7 Å². The Bertz CT molecular complexity index is 739. The highest BCUT2D eigenvalue weighted by Gasteiger charge is 2.08. The van der Waals surface area contributed by atoms with Gasteiger partial charge in [0.1, 0.15) is 17.2 Å². The maximum absolute atomic E-state index is 11.5. The Balaban J connectivity index is 2.29. The molecule has 1 N–H and O–H groups in total. The van der Waals surface area contributed by atoms with E-state index in [4.69, 9.17) is 9.47 Å². The van der Waals surface area contributed by atoms with Crippen LogP contribution in [0.15, 0.2) is 42.5 Å². The van der Waals surface area contributed by atoms with E-state index in [1.165, 1.54) is 6.07 Å². The summed E-state index contributed by atoms with van der Waals surface area (Å²) in [5.41, 5.74) is 1.61. The molecule has 130 valence electrons. The molecule has 0 amide bonds. The van der Waals surface area contributed by atoms with E-state index in [1.54, 1.807) is 56.3 Å². The minimum Gasteiger partial charge on any atom is -0.508 e. The molecular weight excluding hydrogens is 320 g/mol. The van der Waals surface area contributed by atoms with Crippen LogP contribution in [0.5, 0.6) is 17.2 Å². The second-order valence-corrected chi connectivity index (χ2v) is 5.32. The number of rotatable bonds is 6. The van der Waals surface area contributed by atoms with Crippen LogP contribution in [0.3, 0.4) is 0 Å². The lowest BCUT2D eigenvalue weighted by Crippen LogP contribution is -2.08. The van der Waals surface area contributed by atoms with E-state index < -0.39 is 0 Å². The predicted molar refractivity (Wildman–Crippen MR) is 95.3 cm³/mol. The van der Waals surface area contributed by atoms with E-state index in [-0.39, 0.29) is 30.5 Å². The highest BCUT2D eigenvalue weighted by molar-refractivity contribution is 5.76. The van der Waals surface area contributed by atoms with Gasteiger partial charge in [-0.3, -0.25) is 9.59 Å². The second kappa shape index (κ2) is 8.68. The minimum absolute atomic E-state index is 0.194. The maximum atomic E-state index is 11.5. The second-order valence-electron chi connectivity index (χ2n) is 5.32. The van der Waals surface area contributed by atoms with Gasteiger partial charge < -0.3 is 14.6 Å². The Morgan fingerprint density at radius 2 is 1.32 bits per heavy atom. The average Bonchev–Trinajstić information content (AvgIpc) is 2.60. The lowest BCUT2D eigenvalue weighted by Gasteiger charge is -2.08. The number of ether oxygens (including phenoxy) is 2. The minimum atomic E-state index is -0.368. The molecule has 0 bridgehead atoms. The molecule has 0 heterocycles. The smallest absolute Gasteiger partial charge is 0.310 e. The van der Waals surface area contributed by atoms with Gasteiger partial charge in [-0.1, -0.05) is 38.1 Å². The summed E-state index contributed by atoms with van der Waals surface area (Å²) in [6.07, 6.45) is 4.14. The van der Waals surface area contributed by atoms with Gasteiger partial charge >= 0.3 is 11.9 Å². The van der Waals surface area contributed by atoms with Crippen molar-refractivity contribution in [3.05, 3.63) is 53.6 Å². The molecule has 2 aromatic rings. The number of carbonyl (C=O) groups excluding carboxylic acids is 2. The van der Waals surface area contributed by atoms with Crippen molar-refractivity contribution in [3.63, 3.8) is 0 Å². The van der Waals surface area contributed by atoms with Gasteiger partial charge in [-0.05, 0) is 35.4 Å². The zero-order valence-corrected chi connectivity index (χ0v) is 14.2. The van der Waals surface area contributed by atoms with Crippen LogP contribution in [0.1, 0.15) is 37.8 Å². The van der Waals surface area contributed by atoms with Crippen molar-refractivity contribution in [1.29, 1.82) is 0 Å². The molecule has 5 nitrogen and oxygen atoms in total. The van der Waals surface area contributed by atoms with E-state index in [0.717, 1.165) is 5.56 Å². The number of benzene rings is 2. The van der Waals surface area contributed by atoms with Crippen molar-refractivity contribution in [2.75, 3.05) is 0 Å². The van der Waals surface area contributed by atoms with Gasteiger partial charge in [0.25, 0.3) is 0 Å². The summed E-state index contributed by atoms with van der Waals surface area (Å²) in [5.74, 6) is 0.0940. The summed E-state index contributed by atoms with van der Waals surface area (Å²) in [6, 6.07) is 11.6. The van der Waals surface area contributed by atoms with Gasteiger partial charge in [-0.2, -0.15) is 0 Å². The van der Waals surface area contributed by atoms with E-state index in [1.807, 2.05) is 6.08 Å². The highest BCUT2D eigenvalue weighted by Crippen LogP contribution is 2.25. The van der Waals surface area contributed by atoms with Crippen LogP contribution in [-0.2, 0) is 9.59 Å². The average molecular weight is 340 g/mol. The molecule has 0 atom stereocenters. The van der Waals surface area contributed by atoms with Crippen LogP contribution in [0.4, 0.5) is 0 Å². The number of hydrogen-bond acceptors (Lipinski definition) is 5. The van der Waals surface area contributed by atoms with Crippen molar-refractivity contribution in [1.82, 2.24) is 0 Å². The van der Waals surface area contributed by atoms with Gasteiger partial charge in [-0.15, -0.1) is 0 Å². The first-order chi connectivity index (χ1) is 12.0. The van der Waals surface area contributed by atoms with Crippen molar-refractivity contribution >= 4 is 24.1 Å². The molecule has 0 saturated heterocycles. The van der Waals surface area contributed by atoms with Crippen LogP contribution in [0.25, 0.3) is 12.2 Å². The maximum Gasteiger partial charge on any atom is 0.310 e. The third-order valence-electron chi connectivity index (χ3n) is 3.30. The van der Waals surface area contributed by atoms with Gasteiger partial charge in [0.15, 0.2) is 0 Å². The molecule has 0 spiro atoms. The molecule has 5 heteroatoms. The lowest BCUT2D eigenvalue weighted by molar-refractivity contribution is -0.134. The monoisotopic (exact) mass is 340 g/mol. The number of phenolic OH excluding ortho intramolecular Hbond substituents is 1. The molecule has 0 aliphatic rings. The van der Waals surface area contributed by atoms with Crippen LogP contribution >= 0.6 is 0 Å². The first-order valence-corrected chi connectivity index (χ1v) is 8.03. The van der Waals surface area contributed by atoms with Crippen molar-refractivity contribution in [2.24, 2.45) is 0 Å².